The van der Waals surface area contributed by atoms with Gasteiger partial charge in [0.25, 0.3) is 5.91 Å². The lowest BCUT2D eigenvalue weighted by atomic mass is 10.0. The number of halogens is 1. The summed E-state index contributed by atoms with van der Waals surface area (Å²) in [5.74, 6) is 1.17. The van der Waals surface area contributed by atoms with E-state index in [1.807, 2.05) is 24.9 Å². The van der Waals surface area contributed by atoms with Gasteiger partial charge >= 0.3 is 0 Å². The van der Waals surface area contributed by atoms with E-state index in [1.165, 1.54) is 16.7 Å². The van der Waals surface area contributed by atoms with Gasteiger partial charge in [-0.05, 0) is 30.2 Å². The van der Waals surface area contributed by atoms with E-state index in [4.69, 9.17) is 9.47 Å². The van der Waals surface area contributed by atoms with Gasteiger partial charge in [-0.1, -0.05) is 15.9 Å². The molecule has 0 bridgehead atoms. The molecule has 4 nitrogen and oxygen atoms in total. The van der Waals surface area contributed by atoms with Crippen LogP contribution >= 0.6 is 27.7 Å². The number of thioether (sulfide) groups is 1. The molecule has 1 atom stereocenters. The number of amides is 1. The second-order valence-electron chi connectivity index (χ2n) is 4.95. The smallest absolute Gasteiger partial charge is 0.292 e. The van der Waals surface area contributed by atoms with Crippen LogP contribution in [0.4, 0.5) is 0 Å². The number of carbonyl (C=O) groups excluding carboxylic acids is 1. The SMILES string of the molecule is CN(C(=O)C1=COCCO1)C1CCSc2ccc(Br)cc21. The Morgan fingerprint density at radius 2 is 2.29 bits per heavy atom. The fraction of sp³-hybridized carbons (Fsp3) is 0.400. The second-order valence-corrected chi connectivity index (χ2v) is 7.00. The van der Waals surface area contributed by atoms with E-state index < -0.39 is 0 Å². The van der Waals surface area contributed by atoms with Crippen LogP contribution in [0.5, 0.6) is 0 Å². The van der Waals surface area contributed by atoms with E-state index in [2.05, 4.69) is 28.1 Å². The van der Waals surface area contributed by atoms with Crippen molar-refractivity contribution in [1.82, 2.24) is 4.90 Å². The number of rotatable bonds is 2. The first-order chi connectivity index (χ1) is 10.2. The lowest BCUT2D eigenvalue weighted by molar-refractivity contribution is -0.133. The minimum Gasteiger partial charge on any atom is -0.494 e. The summed E-state index contributed by atoms with van der Waals surface area (Å²) in [6, 6.07) is 6.31. The molecule has 3 rings (SSSR count). The predicted octanol–water partition coefficient (Wildman–Crippen LogP) is 3.33. The summed E-state index contributed by atoms with van der Waals surface area (Å²) in [5, 5.41) is 0. The van der Waals surface area contributed by atoms with Crippen LogP contribution in [0, 0.1) is 0 Å². The molecule has 0 aliphatic carbocycles. The molecule has 2 heterocycles. The number of hydrogen-bond acceptors (Lipinski definition) is 4. The van der Waals surface area contributed by atoms with Gasteiger partial charge in [-0.25, -0.2) is 0 Å². The predicted molar refractivity (Wildman–Crippen MR) is 85.0 cm³/mol. The Morgan fingerprint density at radius 1 is 1.43 bits per heavy atom. The van der Waals surface area contributed by atoms with Crippen molar-refractivity contribution >= 4 is 33.6 Å². The Kier molecular flexibility index (Phi) is 4.45. The number of likely N-dealkylation sites (N-methyl/N-ethyl adjacent to an activating group) is 1. The van der Waals surface area contributed by atoms with Crippen molar-refractivity contribution in [1.29, 1.82) is 0 Å². The molecule has 0 fully saturated rings. The van der Waals surface area contributed by atoms with Crippen LogP contribution in [0.3, 0.4) is 0 Å². The normalized spacial score (nSPS) is 20.7. The monoisotopic (exact) mass is 369 g/mol. The fourth-order valence-corrected chi connectivity index (χ4v) is 4.01. The fourth-order valence-electron chi connectivity index (χ4n) is 2.55. The molecule has 2 aliphatic rings. The Balaban J connectivity index is 1.86. The average molecular weight is 370 g/mol. The summed E-state index contributed by atoms with van der Waals surface area (Å²) in [6.07, 6.45) is 2.35. The summed E-state index contributed by atoms with van der Waals surface area (Å²) < 4.78 is 11.6. The highest BCUT2D eigenvalue weighted by Gasteiger charge is 2.30. The molecule has 0 radical (unpaired) electrons. The molecular formula is C15H16BrNO3S. The number of hydrogen-bond donors (Lipinski definition) is 0. The van der Waals surface area contributed by atoms with E-state index in [0.717, 1.165) is 16.6 Å². The summed E-state index contributed by atoms with van der Waals surface area (Å²) in [6.45, 7) is 0.921. The minimum absolute atomic E-state index is 0.0673. The summed E-state index contributed by atoms with van der Waals surface area (Å²) in [4.78, 5) is 15.5. The van der Waals surface area contributed by atoms with Crippen molar-refractivity contribution in [3.8, 4) is 0 Å². The number of fused-ring (bicyclic) bond motifs is 1. The molecule has 0 spiro atoms. The molecule has 112 valence electrons. The Bertz CT molecular complexity index is 590. The quantitative estimate of drug-likeness (QED) is 0.801. The maximum absolute atomic E-state index is 12.5. The molecule has 0 aromatic heterocycles. The van der Waals surface area contributed by atoms with Crippen molar-refractivity contribution in [2.24, 2.45) is 0 Å². The van der Waals surface area contributed by atoms with Gasteiger partial charge in [-0.15, -0.1) is 11.8 Å². The molecule has 1 aromatic carbocycles. The maximum atomic E-state index is 12.5. The first-order valence-electron chi connectivity index (χ1n) is 6.81. The van der Waals surface area contributed by atoms with E-state index in [1.54, 1.807) is 4.90 Å². The van der Waals surface area contributed by atoms with E-state index in [-0.39, 0.29) is 11.9 Å². The van der Waals surface area contributed by atoms with Gasteiger partial charge < -0.3 is 14.4 Å². The Morgan fingerprint density at radius 3 is 3.05 bits per heavy atom. The van der Waals surface area contributed by atoms with Crippen LogP contribution in [0.2, 0.25) is 0 Å². The van der Waals surface area contributed by atoms with Crippen LogP contribution in [0.25, 0.3) is 0 Å². The molecule has 21 heavy (non-hydrogen) atoms. The third-order valence-electron chi connectivity index (χ3n) is 3.63. The number of ether oxygens (including phenoxy) is 2. The van der Waals surface area contributed by atoms with Gasteiger partial charge in [0, 0.05) is 22.2 Å². The minimum atomic E-state index is -0.127. The van der Waals surface area contributed by atoms with Gasteiger partial charge in [0.1, 0.15) is 19.5 Å². The zero-order valence-electron chi connectivity index (χ0n) is 11.7. The highest BCUT2D eigenvalue weighted by molar-refractivity contribution is 9.10. The van der Waals surface area contributed by atoms with Gasteiger partial charge in [0.15, 0.2) is 0 Å². The van der Waals surface area contributed by atoms with Crippen LogP contribution in [0.1, 0.15) is 18.0 Å². The first-order valence-corrected chi connectivity index (χ1v) is 8.58. The van der Waals surface area contributed by atoms with Gasteiger partial charge in [-0.3, -0.25) is 4.79 Å². The van der Waals surface area contributed by atoms with Gasteiger partial charge in [0.2, 0.25) is 5.76 Å². The van der Waals surface area contributed by atoms with Crippen LogP contribution in [-0.2, 0) is 14.3 Å². The number of nitrogens with zero attached hydrogens (tertiary/aromatic N) is 1. The Hall–Kier alpha value is -1.14. The highest BCUT2D eigenvalue weighted by Crippen LogP contribution is 2.40. The summed E-state index contributed by atoms with van der Waals surface area (Å²) in [7, 11) is 1.83. The van der Waals surface area contributed by atoms with Gasteiger partial charge in [0.05, 0.1) is 6.04 Å². The maximum Gasteiger partial charge on any atom is 0.292 e. The highest BCUT2D eigenvalue weighted by atomic mass is 79.9. The standard InChI is InChI=1S/C15H16BrNO3S/c1-17(15(18)13-9-19-5-6-20-13)12-4-7-21-14-3-2-10(16)8-11(12)14/h2-3,8-9,12H,4-7H2,1H3. The average Bonchev–Trinajstić information content (AvgIpc) is 2.53. The molecule has 0 saturated carbocycles. The Labute approximate surface area is 136 Å². The van der Waals surface area contributed by atoms with E-state index >= 15 is 0 Å². The third-order valence-corrected chi connectivity index (χ3v) is 5.24. The van der Waals surface area contributed by atoms with Crippen LogP contribution in [-0.4, -0.2) is 36.8 Å². The van der Waals surface area contributed by atoms with E-state index in [0.29, 0.717) is 19.0 Å². The molecule has 0 N–H and O–H groups in total. The molecule has 6 heteroatoms. The number of benzene rings is 1. The zero-order chi connectivity index (χ0) is 14.8. The third kappa shape index (κ3) is 3.06. The topological polar surface area (TPSA) is 38.8 Å². The molecule has 0 saturated heterocycles. The van der Waals surface area contributed by atoms with Crippen LogP contribution in [0.15, 0.2) is 39.6 Å². The lowest BCUT2D eigenvalue weighted by Crippen LogP contribution is -2.35. The van der Waals surface area contributed by atoms with Crippen molar-refractivity contribution in [2.45, 2.75) is 17.4 Å². The van der Waals surface area contributed by atoms with E-state index in [9.17, 15) is 4.79 Å². The molecular weight excluding hydrogens is 354 g/mol. The second kappa shape index (κ2) is 6.32. The molecule has 1 unspecified atom stereocenters. The molecule has 1 amide bonds. The largest absolute Gasteiger partial charge is 0.494 e. The molecule has 1 aromatic rings. The summed E-state index contributed by atoms with van der Waals surface area (Å²) in [5.41, 5.74) is 1.19. The summed E-state index contributed by atoms with van der Waals surface area (Å²) >= 11 is 5.35. The first kappa shape index (κ1) is 14.8. The van der Waals surface area contributed by atoms with Gasteiger partial charge in [-0.2, -0.15) is 0 Å². The van der Waals surface area contributed by atoms with Crippen molar-refractivity contribution < 1.29 is 14.3 Å². The zero-order valence-corrected chi connectivity index (χ0v) is 14.1. The number of carbonyl (C=O) groups is 1. The van der Waals surface area contributed by atoms with Crippen molar-refractivity contribution in [3.05, 3.63) is 40.3 Å². The lowest BCUT2D eigenvalue weighted by Gasteiger charge is -2.33. The van der Waals surface area contributed by atoms with Crippen LogP contribution < -0.4 is 0 Å². The van der Waals surface area contributed by atoms with Crippen molar-refractivity contribution in [2.75, 3.05) is 26.0 Å². The van der Waals surface area contributed by atoms with Crippen molar-refractivity contribution in [3.63, 3.8) is 0 Å². The molecule has 2 aliphatic heterocycles.